The van der Waals surface area contributed by atoms with Crippen LogP contribution >= 0.6 is 0 Å². The Morgan fingerprint density at radius 1 is 1.53 bits per heavy atom. The Labute approximate surface area is 98.8 Å². The van der Waals surface area contributed by atoms with E-state index >= 15 is 0 Å². The van der Waals surface area contributed by atoms with Crippen molar-refractivity contribution in [3.8, 4) is 0 Å². The molecule has 1 aromatic rings. The summed E-state index contributed by atoms with van der Waals surface area (Å²) in [6.45, 7) is 1.31. The monoisotopic (exact) mass is 238 g/mol. The van der Waals surface area contributed by atoms with Gasteiger partial charge < -0.3 is 9.47 Å². The number of nitrogens with one attached hydrogen (secondary N) is 1. The molecule has 0 saturated carbocycles. The molecule has 1 aliphatic rings. The zero-order valence-corrected chi connectivity index (χ0v) is 9.30. The van der Waals surface area contributed by atoms with Crippen LogP contribution in [0.15, 0.2) is 24.5 Å². The quantitative estimate of drug-likeness (QED) is 0.768. The lowest BCUT2D eigenvalue weighted by molar-refractivity contribution is -0.200. The number of carbonyl (C=O) groups is 1. The van der Waals surface area contributed by atoms with E-state index in [9.17, 15) is 4.79 Å². The third-order valence-corrected chi connectivity index (χ3v) is 2.18. The molecule has 6 heteroatoms. The molecule has 0 bridgehead atoms. The Balaban J connectivity index is 1.69. The molecule has 2 rings (SSSR count). The predicted molar refractivity (Wildman–Crippen MR) is 57.5 cm³/mol. The molecule has 1 amide bonds. The first-order valence-corrected chi connectivity index (χ1v) is 5.40. The number of hydrogen-bond donors (Lipinski definition) is 1. The van der Waals surface area contributed by atoms with Gasteiger partial charge in [-0.05, 0) is 18.1 Å². The highest BCUT2D eigenvalue weighted by Crippen LogP contribution is 2.04. The van der Waals surface area contributed by atoms with Gasteiger partial charge in [-0.25, -0.2) is 5.48 Å². The molecule has 1 aliphatic heterocycles. The highest BCUT2D eigenvalue weighted by Gasteiger charge is 2.22. The Bertz CT molecular complexity index is 352. The number of hydroxylamine groups is 1. The van der Waals surface area contributed by atoms with Crippen LogP contribution in [0.3, 0.4) is 0 Å². The lowest BCUT2D eigenvalue weighted by atomic mass is 10.3. The fourth-order valence-electron chi connectivity index (χ4n) is 1.36. The fourth-order valence-corrected chi connectivity index (χ4v) is 1.36. The van der Waals surface area contributed by atoms with Crippen molar-refractivity contribution in [3.05, 3.63) is 30.1 Å². The summed E-state index contributed by atoms with van der Waals surface area (Å²) in [4.78, 5) is 20.5. The third-order valence-electron chi connectivity index (χ3n) is 2.18. The topological polar surface area (TPSA) is 69.7 Å². The number of hydrogen-bond acceptors (Lipinski definition) is 5. The van der Waals surface area contributed by atoms with Gasteiger partial charge in [0.05, 0.1) is 13.2 Å². The summed E-state index contributed by atoms with van der Waals surface area (Å²) in [5.74, 6) is -0.423. The molecule has 1 saturated heterocycles. The van der Waals surface area contributed by atoms with E-state index in [1.807, 2.05) is 6.07 Å². The zero-order valence-electron chi connectivity index (χ0n) is 9.30. The molecule has 92 valence electrons. The van der Waals surface area contributed by atoms with E-state index < -0.39 is 12.2 Å². The Morgan fingerprint density at radius 3 is 3.06 bits per heavy atom. The van der Waals surface area contributed by atoms with Crippen LogP contribution in [0, 0.1) is 0 Å². The van der Waals surface area contributed by atoms with Crippen molar-refractivity contribution in [2.24, 2.45) is 0 Å². The molecule has 6 nitrogen and oxygen atoms in total. The molecule has 0 aliphatic carbocycles. The lowest BCUT2D eigenvalue weighted by Gasteiger charge is -2.21. The molecule has 0 aromatic carbocycles. The van der Waals surface area contributed by atoms with Gasteiger partial charge in [-0.1, -0.05) is 6.07 Å². The van der Waals surface area contributed by atoms with Gasteiger partial charge in [0.15, 0.2) is 0 Å². The van der Waals surface area contributed by atoms with E-state index in [4.69, 9.17) is 14.3 Å². The summed E-state index contributed by atoms with van der Waals surface area (Å²) in [7, 11) is 0. The van der Waals surface area contributed by atoms with Crippen LogP contribution < -0.4 is 5.48 Å². The number of nitrogens with zero attached hydrogens (tertiary/aromatic N) is 1. The second-order valence-corrected chi connectivity index (χ2v) is 3.54. The van der Waals surface area contributed by atoms with Crippen molar-refractivity contribution >= 4 is 5.91 Å². The first kappa shape index (κ1) is 12.0. The van der Waals surface area contributed by atoms with Gasteiger partial charge in [-0.2, -0.15) is 0 Å². The number of carbonyl (C=O) groups excluding carboxylic acids is 1. The van der Waals surface area contributed by atoms with Crippen LogP contribution in [-0.2, 0) is 25.7 Å². The van der Waals surface area contributed by atoms with Gasteiger partial charge in [0.1, 0.15) is 6.61 Å². The van der Waals surface area contributed by atoms with Crippen molar-refractivity contribution in [2.75, 3.05) is 13.2 Å². The van der Waals surface area contributed by atoms with E-state index in [1.165, 1.54) is 0 Å². The van der Waals surface area contributed by atoms with Gasteiger partial charge in [-0.15, -0.1) is 0 Å². The summed E-state index contributed by atoms with van der Waals surface area (Å²) < 4.78 is 10.2. The van der Waals surface area contributed by atoms with Crippen LogP contribution in [0.4, 0.5) is 0 Å². The molecular weight excluding hydrogens is 224 g/mol. The number of rotatable bonds is 4. The van der Waals surface area contributed by atoms with Crippen LogP contribution in [0.5, 0.6) is 0 Å². The number of aromatic nitrogens is 1. The molecule has 1 fully saturated rings. The lowest BCUT2D eigenvalue weighted by Crippen LogP contribution is -2.40. The van der Waals surface area contributed by atoms with Crippen LogP contribution in [0.25, 0.3) is 0 Å². The summed E-state index contributed by atoms with van der Waals surface area (Å²) in [5, 5.41) is 0. The van der Waals surface area contributed by atoms with Crippen molar-refractivity contribution in [2.45, 2.75) is 19.3 Å². The minimum Gasteiger partial charge on any atom is -0.344 e. The second-order valence-electron chi connectivity index (χ2n) is 3.54. The highest BCUT2D eigenvalue weighted by atomic mass is 16.7. The van der Waals surface area contributed by atoms with E-state index in [-0.39, 0.29) is 6.61 Å². The van der Waals surface area contributed by atoms with E-state index in [1.54, 1.807) is 18.5 Å². The maximum absolute atomic E-state index is 11.5. The SMILES string of the molecule is O=C(NOCc1cccnc1)C1OCCCO1. The number of amides is 1. The maximum atomic E-state index is 11.5. The molecule has 0 unspecified atom stereocenters. The largest absolute Gasteiger partial charge is 0.344 e. The van der Waals surface area contributed by atoms with Crippen molar-refractivity contribution < 1.29 is 19.1 Å². The number of ether oxygens (including phenoxy) is 2. The Morgan fingerprint density at radius 2 is 2.35 bits per heavy atom. The van der Waals surface area contributed by atoms with Gasteiger partial charge in [0.25, 0.3) is 5.91 Å². The van der Waals surface area contributed by atoms with Crippen LogP contribution in [0.1, 0.15) is 12.0 Å². The Hall–Kier alpha value is -1.50. The number of pyridine rings is 1. The molecule has 0 radical (unpaired) electrons. The first-order valence-electron chi connectivity index (χ1n) is 5.40. The third kappa shape index (κ3) is 3.77. The summed E-state index contributed by atoms with van der Waals surface area (Å²) >= 11 is 0. The highest BCUT2D eigenvalue weighted by molar-refractivity contribution is 5.78. The molecule has 1 N–H and O–H groups in total. The Kier molecular flexibility index (Phi) is 4.43. The van der Waals surface area contributed by atoms with Crippen LogP contribution in [0.2, 0.25) is 0 Å². The van der Waals surface area contributed by atoms with Gasteiger partial charge in [0, 0.05) is 12.4 Å². The zero-order chi connectivity index (χ0) is 11.9. The minimum absolute atomic E-state index is 0.256. The molecule has 0 spiro atoms. The summed E-state index contributed by atoms with van der Waals surface area (Å²) in [5.41, 5.74) is 3.16. The first-order chi connectivity index (χ1) is 8.36. The smallest absolute Gasteiger partial charge is 0.300 e. The van der Waals surface area contributed by atoms with E-state index in [2.05, 4.69) is 10.5 Å². The summed E-state index contributed by atoms with van der Waals surface area (Å²) in [6.07, 6.45) is 3.28. The molecule has 1 aromatic heterocycles. The second kappa shape index (κ2) is 6.29. The predicted octanol–water partition coefficient (Wildman–Crippen LogP) is 0.392. The van der Waals surface area contributed by atoms with E-state index in [0.717, 1.165) is 12.0 Å². The van der Waals surface area contributed by atoms with Crippen molar-refractivity contribution in [1.82, 2.24) is 10.5 Å². The van der Waals surface area contributed by atoms with Crippen LogP contribution in [-0.4, -0.2) is 30.4 Å². The maximum Gasteiger partial charge on any atom is 0.300 e. The van der Waals surface area contributed by atoms with Gasteiger partial charge in [0.2, 0.25) is 6.29 Å². The minimum atomic E-state index is -0.863. The van der Waals surface area contributed by atoms with E-state index in [0.29, 0.717) is 13.2 Å². The molecule has 2 heterocycles. The van der Waals surface area contributed by atoms with Crippen molar-refractivity contribution in [1.29, 1.82) is 0 Å². The standard InChI is InChI=1S/C11H14N2O4/c14-10(11-15-5-2-6-16-11)13-17-8-9-3-1-4-12-7-9/h1,3-4,7,11H,2,5-6,8H2,(H,13,14). The fraction of sp³-hybridized carbons (Fsp3) is 0.455. The molecule has 0 atom stereocenters. The average molecular weight is 238 g/mol. The van der Waals surface area contributed by atoms with Crippen molar-refractivity contribution in [3.63, 3.8) is 0 Å². The van der Waals surface area contributed by atoms with Gasteiger partial charge in [-0.3, -0.25) is 14.6 Å². The summed E-state index contributed by atoms with van der Waals surface area (Å²) in [6, 6.07) is 3.65. The molecular formula is C11H14N2O4. The average Bonchev–Trinajstić information content (AvgIpc) is 2.41. The normalized spacial score (nSPS) is 16.7. The van der Waals surface area contributed by atoms with Gasteiger partial charge >= 0.3 is 0 Å². The molecule has 17 heavy (non-hydrogen) atoms.